The standard InChI is InChI=1S/C61H72N13O24P3/c1-32(2)53(77)68-58-67-52-51(57(81)69-58)62-31-74(52)50-22-37(91-34(4)76)42(93-50)28-88-100(6,86)98-40-25-49(73-26-33(3)54(78)70-61(73)84)95-44(40)30-90-101(7,87)97-39-24-48(72-21-19-46(66-60(72)83)64-56(80)36-16-12-9-13-17-36)94-43(39)29-89-99(5,85)96-38-23-47(92-41(38)27-75)71-20-18-45(65-59(71)82)63-55(79)35-14-10-8-11-15-35/h8-21,26,31-32,37-44,47-50,75H,22-25,27-30H2,1-7H3,(H,70,78,84)(H,63,65,79,82)(H,64,66,80,83)(H2,67,68,69,77,81)/t37-,38-,39-,40-,41+,42+,43+,44+,47+,48+,49+,50+,99+,100+,101+/m0/s1. The first-order valence-corrected chi connectivity index (χ1v) is 37.6. The summed E-state index contributed by atoms with van der Waals surface area (Å²) in [6.45, 7) is 6.73. The summed E-state index contributed by atoms with van der Waals surface area (Å²) in [6, 6.07) is 19.1. The summed E-state index contributed by atoms with van der Waals surface area (Å²) in [4.78, 5) is 138. The van der Waals surface area contributed by atoms with Crippen LogP contribution < -0.4 is 44.1 Å². The van der Waals surface area contributed by atoms with Gasteiger partial charge < -0.3 is 66.6 Å². The maximum absolute atomic E-state index is 14.8. The Bertz CT molecular complexity index is 4700. The average Bonchev–Trinajstić information content (AvgIpc) is 1.64. The number of nitrogens with zero attached hydrogens (tertiary/aromatic N) is 8. The maximum atomic E-state index is 14.8. The number of benzene rings is 2. The number of H-pyrrole nitrogens is 2. The summed E-state index contributed by atoms with van der Waals surface area (Å²) in [7, 11) is -13.0. The Morgan fingerprint density at radius 2 is 1.02 bits per heavy atom. The molecule has 37 nitrogen and oxygen atoms in total. The monoisotopic (exact) mass is 1460 g/mol. The first-order chi connectivity index (χ1) is 48.0. The van der Waals surface area contributed by atoms with Crippen LogP contribution in [0.2, 0.25) is 0 Å². The Labute approximate surface area is 572 Å². The first-order valence-electron chi connectivity index (χ1n) is 31.6. The minimum absolute atomic E-state index is 0.0131. The molecule has 4 aliphatic heterocycles. The van der Waals surface area contributed by atoms with Crippen LogP contribution >= 0.6 is 22.8 Å². The third kappa shape index (κ3) is 18.0. The van der Waals surface area contributed by atoms with Crippen LogP contribution in [-0.2, 0) is 74.1 Å². The number of fused-ring (bicyclic) bond motifs is 1. The quantitative estimate of drug-likeness (QED) is 0.0308. The van der Waals surface area contributed by atoms with Crippen molar-refractivity contribution in [1.82, 2.24) is 48.2 Å². The summed E-state index contributed by atoms with van der Waals surface area (Å²) in [5.74, 6) is -2.97. The molecule has 4 aliphatic rings. The molecule has 101 heavy (non-hydrogen) atoms. The van der Waals surface area contributed by atoms with Gasteiger partial charge in [-0.15, -0.1) is 0 Å². The van der Waals surface area contributed by atoms with Crippen molar-refractivity contribution in [1.29, 1.82) is 0 Å². The lowest BCUT2D eigenvalue weighted by Crippen LogP contribution is -2.33. The highest BCUT2D eigenvalue weighted by molar-refractivity contribution is 7.53. The molecule has 9 heterocycles. The van der Waals surface area contributed by atoms with Gasteiger partial charge in [0, 0.05) is 93.8 Å². The van der Waals surface area contributed by atoms with E-state index in [9.17, 15) is 62.0 Å². The number of carbonyl (C=O) groups excluding carboxylic acids is 4. The minimum Gasteiger partial charge on any atom is -0.460 e. The number of rotatable bonds is 27. The highest BCUT2D eigenvalue weighted by atomic mass is 31.2. The Kier molecular flexibility index (Phi) is 22.5. The average molecular weight is 1460 g/mol. The van der Waals surface area contributed by atoms with Gasteiger partial charge >= 0.3 is 45.8 Å². The van der Waals surface area contributed by atoms with E-state index in [1.165, 1.54) is 55.5 Å². The molecule has 0 aliphatic carbocycles. The number of aryl methyl sites for hydroxylation is 1. The number of hydrogen-bond acceptors (Lipinski definition) is 28. The maximum Gasteiger partial charge on any atom is 0.351 e. The van der Waals surface area contributed by atoms with Crippen molar-refractivity contribution in [2.45, 2.75) is 127 Å². The largest absolute Gasteiger partial charge is 0.460 e. The molecular weight excluding hydrogens is 1390 g/mol. The molecule has 40 heteroatoms. The lowest BCUT2D eigenvalue weighted by atomic mass is 10.2. The number of carbonyl (C=O) groups is 4. The van der Waals surface area contributed by atoms with Crippen LogP contribution in [0.25, 0.3) is 11.2 Å². The van der Waals surface area contributed by atoms with Gasteiger partial charge in [0.1, 0.15) is 67.1 Å². The van der Waals surface area contributed by atoms with Crippen molar-refractivity contribution in [3.05, 3.63) is 167 Å². The van der Waals surface area contributed by atoms with Gasteiger partial charge in [0.25, 0.3) is 22.9 Å². The molecule has 0 bridgehead atoms. The van der Waals surface area contributed by atoms with Crippen LogP contribution in [-0.4, -0.2) is 172 Å². The van der Waals surface area contributed by atoms with E-state index in [1.54, 1.807) is 74.5 Å². The second kappa shape index (κ2) is 30.9. The number of esters is 1. The van der Waals surface area contributed by atoms with Crippen molar-refractivity contribution in [2.24, 2.45) is 5.92 Å². The van der Waals surface area contributed by atoms with Crippen molar-refractivity contribution in [3.63, 3.8) is 0 Å². The number of imidazole rings is 1. The molecule has 4 saturated heterocycles. The minimum atomic E-state index is -4.42. The van der Waals surface area contributed by atoms with Crippen LogP contribution in [0.15, 0.2) is 122 Å². The summed E-state index contributed by atoms with van der Waals surface area (Å²) in [5.41, 5.74) is -3.33. The van der Waals surface area contributed by atoms with Crippen molar-refractivity contribution in [3.8, 4) is 0 Å². The predicted molar refractivity (Wildman–Crippen MR) is 353 cm³/mol. The highest BCUT2D eigenvalue weighted by Gasteiger charge is 2.48. The van der Waals surface area contributed by atoms with E-state index in [0.29, 0.717) is 5.56 Å². The van der Waals surface area contributed by atoms with E-state index >= 15 is 0 Å². The highest BCUT2D eigenvalue weighted by Crippen LogP contribution is 2.54. The van der Waals surface area contributed by atoms with Gasteiger partial charge in [0.2, 0.25) is 11.9 Å². The summed E-state index contributed by atoms with van der Waals surface area (Å²) in [6.07, 6.45) is -10.0. The fraction of sp³-hybridized carbons (Fsp3) is 0.459. The lowest BCUT2D eigenvalue weighted by molar-refractivity contribution is -0.150. The van der Waals surface area contributed by atoms with E-state index in [2.05, 4.69) is 45.9 Å². The normalized spacial score (nSPS) is 25.3. The Hall–Kier alpha value is -8.64. The Balaban J connectivity index is 0.786. The molecule has 15 atom stereocenters. The number of ether oxygens (including phenoxy) is 5. The zero-order valence-corrected chi connectivity index (χ0v) is 57.8. The predicted octanol–water partition coefficient (Wildman–Crippen LogP) is 4.34. The molecule has 540 valence electrons. The van der Waals surface area contributed by atoms with Crippen LogP contribution in [0.3, 0.4) is 0 Å². The number of nitrogens with one attached hydrogen (secondary N) is 5. The molecule has 2 aromatic carbocycles. The fourth-order valence-electron chi connectivity index (χ4n) is 11.4. The number of aliphatic hydroxyl groups is 1. The number of aromatic nitrogens is 10. The number of aliphatic hydroxyl groups excluding tert-OH is 1. The molecule has 4 fully saturated rings. The lowest BCUT2D eigenvalue weighted by Gasteiger charge is -2.27. The molecule has 0 spiro atoms. The molecule has 5 aromatic heterocycles. The van der Waals surface area contributed by atoms with E-state index in [1.807, 2.05) is 0 Å². The van der Waals surface area contributed by atoms with Gasteiger partial charge in [-0.2, -0.15) is 15.0 Å². The smallest absolute Gasteiger partial charge is 0.351 e. The summed E-state index contributed by atoms with van der Waals surface area (Å²) < 4.78 is 115. The molecule has 3 amide bonds. The second-order valence-corrected chi connectivity index (χ2v) is 30.5. The van der Waals surface area contributed by atoms with E-state index in [4.69, 9.17) is 50.8 Å². The third-order valence-electron chi connectivity index (χ3n) is 16.4. The third-order valence-corrected chi connectivity index (χ3v) is 20.2. The molecule has 0 radical (unpaired) electrons. The molecule has 11 rings (SSSR count). The van der Waals surface area contributed by atoms with Crippen LogP contribution in [0, 0.1) is 12.8 Å². The molecule has 7 aromatic rings. The molecular formula is C61H72N13O24P3. The van der Waals surface area contributed by atoms with Crippen LogP contribution in [0.4, 0.5) is 17.6 Å². The van der Waals surface area contributed by atoms with Gasteiger partial charge in [0.05, 0.1) is 51.1 Å². The van der Waals surface area contributed by atoms with Crippen molar-refractivity contribution >= 4 is 75.2 Å². The fourth-order valence-corrected chi connectivity index (χ4v) is 15.0. The van der Waals surface area contributed by atoms with E-state index < -0.39 is 181 Å². The SMILES string of the molecule is CC(=O)O[C@H]1C[C@H](n2cnc3c(=O)[nH]c(NC(=O)C(C)C)nc32)O[C@@H]1CO[P@@](C)(=O)O[C@H]1C[C@H](n2cc(C)c(=O)[nH]c2=O)O[C@@H]1CO[P@@](C)(=O)O[C@H]1C[C@H](n2ccc(NC(=O)c3ccccc3)nc2=O)O[C@@H]1CO[P@@](C)(=O)O[C@H]1C[C@H](n2ccc(NC(=O)c3ccccc3)nc2=O)O[C@@H]1CO. The topological polar surface area (TPSA) is 466 Å². The van der Waals surface area contributed by atoms with E-state index in [-0.39, 0.29) is 65.6 Å². The molecule has 0 saturated carbocycles. The van der Waals surface area contributed by atoms with Gasteiger partial charge in [-0.05, 0) is 43.3 Å². The van der Waals surface area contributed by atoms with Gasteiger partial charge in [-0.25, -0.2) is 19.4 Å². The number of hydrogen-bond donors (Lipinski definition) is 6. The van der Waals surface area contributed by atoms with Gasteiger partial charge in [-0.3, -0.25) is 76.0 Å². The van der Waals surface area contributed by atoms with Crippen molar-refractivity contribution in [2.75, 3.05) is 62.4 Å². The zero-order chi connectivity index (χ0) is 72.2. The van der Waals surface area contributed by atoms with Crippen LogP contribution in [0.5, 0.6) is 0 Å². The summed E-state index contributed by atoms with van der Waals surface area (Å²) >= 11 is 0. The second-order valence-electron chi connectivity index (χ2n) is 24.4. The van der Waals surface area contributed by atoms with E-state index in [0.717, 1.165) is 33.7 Å². The molecule has 6 N–H and O–H groups in total. The first kappa shape index (κ1) is 73.6. The number of amides is 3. The Morgan fingerprint density at radius 1 is 0.584 bits per heavy atom. The number of anilines is 3. The molecule has 0 unspecified atom stereocenters. The Morgan fingerprint density at radius 3 is 1.48 bits per heavy atom. The zero-order valence-electron chi connectivity index (χ0n) is 55.2. The van der Waals surface area contributed by atoms with Crippen molar-refractivity contribution < 1.29 is 88.8 Å². The summed E-state index contributed by atoms with van der Waals surface area (Å²) in [5, 5.41) is 18.0. The number of aromatic amines is 2. The van der Waals surface area contributed by atoms with Crippen LogP contribution in [0.1, 0.15) is 97.6 Å². The van der Waals surface area contributed by atoms with Gasteiger partial charge in [-0.1, -0.05) is 50.2 Å². The van der Waals surface area contributed by atoms with Gasteiger partial charge in [0.15, 0.2) is 11.2 Å².